The molecule has 0 aliphatic carbocycles. The van der Waals surface area contributed by atoms with Gasteiger partial charge in [-0.3, -0.25) is 0 Å². The van der Waals surface area contributed by atoms with E-state index >= 15 is 0 Å². The van der Waals surface area contributed by atoms with Crippen LogP contribution in [-0.2, 0) is 19.3 Å². The van der Waals surface area contributed by atoms with Crippen LogP contribution in [0.25, 0.3) is 21.9 Å². The molecule has 10 nitrogen and oxygen atoms in total. The van der Waals surface area contributed by atoms with Crippen molar-refractivity contribution in [1.82, 2.24) is 20.6 Å². The normalized spacial score (nSPS) is 11.5. The molecule has 2 heterocycles. The molecule has 46 heavy (non-hydrogen) atoms. The summed E-state index contributed by atoms with van der Waals surface area (Å²) in [5.74, 6) is 0. The molecule has 2 aromatic heterocycles. The van der Waals surface area contributed by atoms with Gasteiger partial charge < -0.3 is 19.7 Å². The van der Waals surface area contributed by atoms with Crippen LogP contribution < -0.4 is 15.6 Å². The summed E-state index contributed by atoms with van der Waals surface area (Å²) in [7, 11) is 0. The maximum atomic E-state index is 14.0. The van der Waals surface area contributed by atoms with E-state index < -0.39 is 23.8 Å². The number of benzene rings is 4. The number of fused-ring (bicyclic) bond motifs is 2. The molecule has 6 rings (SSSR count). The number of nitrogens with one attached hydrogen (secondary N) is 2. The van der Waals surface area contributed by atoms with Crippen molar-refractivity contribution in [2.75, 3.05) is 10.3 Å². The third-order valence-corrected chi connectivity index (χ3v) is 7.26. The van der Waals surface area contributed by atoms with Gasteiger partial charge in [-0.2, -0.15) is 18.2 Å². The van der Waals surface area contributed by atoms with E-state index in [1.54, 1.807) is 48.5 Å². The van der Waals surface area contributed by atoms with Crippen LogP contribution in [0.1, 0.15) is 22.5 Å². The number of urea groups is 2. The van der Waals surface area contributed by atoms with Gasteiger partial charge >= 0.3 is 18.2 Å². The molecule has 4 amide bonds. The summed E-state index contributed by atoms with van der Waals surface area (Å²) in [5, 5.41) is 17.0. The highest BCUT2D eigenvalue weighted by molar-refractivity contribution is 6.31. The lowest BCUT2D eigenvalue weighted by Gasteiger charge is -2.34. The van der Waals surface area contributed by atoms with Crippen LogP contribution in [0.5, 0.6) is 0 Å². The van der Waals surface area contributed by atoms with E-state index in [1.165, 1.54) is 18.2 Å². The second-order valence-corrected chi connectivity index (χ2v) is 10.7. The highest BCUT2D eigenvalue weighted by Crippen LogP contribution is 2.31. The fourth-order valence-corrected chi connectivity index (χ4v) is 5.01. The van der Waals surface area contributed by atoms with Gasteiger partial charge in [-0.15, -0.1) is 0 Å². The second kappa shape index (κ2) is 12.4. The van der Waals surface area contributed by atoms with Crippen molar-refractivity contribution in [1.29, 1.82) is 0 Å². The summed E-state index contributed by atoms with van der Waals surface area (Å²) in [6, 6.07) is 21.1. The number of amides is 4. The Balaban J connectivity index is 1.40. The maximum absolute atomic E-state index is 14.0. The Kier molecular flexibility index (Phi) is 8.24. The number of aryl methyl sites for hydroxylation is 1. The molecule has 0 saturated heterocycles. The van der Waals surface area contributed by atoms with Crippen molar-refractivity contribution in [3.05, 3.63) is 119 Å². The fourth-order valence-electron chi connectivity index (χ4n) is 4.83. The minimum Gasteiger partial charge on any atom is -0.356 e. The maximum Gasteiger partial charge on any atom is 0.416 e. The molecular formula is C32H24ClF3N6O4. The molecule has 0 aliphatic rings. The van der Waals surface area contributed by atoms with Crippen molar-refractivity contribution < 1.29 is 31.8 Å². The molecule has 0 saturated carbocycles. The number of para-hydroxylation sites is 1. The fraction of sp³-hybridized carbons (Fsp3) is 0.125. The summed E-state index contributed by atoms with van der Waals surface area (Å²) in [5.41, 5.74) is 1.65. The molecule has 0 aliphatic heterocycles. The van der Waals surface area contributed by atoms with Crippen LogP contribution in [0.2, 0.25) is 5.02 Å². The first-order chi connectivity index (χ1) is 22.1. The van der Waals surface area contributed by atoms with E-state index in [4.69, 9.17) is 20.6 Å². The van der Waals surface area contributed by atoms with E-state index in [-0.39, 0.29) is 29.5 Å². The predicted molar refractivity (Wildman–Crippen MR) is 165 cm³/mol. The van der Waals surface area contributed by atoms with Crippen LogP contribution in [0.15, 0.2) is 100 Å². The Bertz CT molecular complexity index is 2060. The van der Waals surface area contributed by atoms with Gasteiger partial charge in [0.25, 0.3) is 0 Å². The highest BCUT2D eigenvalue weighted by Gasteiger charge is 2.33. The third kappa shape index (κ3) is 6.44. The zero-order chi connectivity index (χ0) is 32.4. The van der Waals surface area contributed by atoms with Gasteiger partial charge in [0.15, 0.2) is 11.2 Å². The smallest absolute Gasteiger partial charge is 0.356 e. The van der Waals surface area contributed by atoms with Gasteiger partial charge in [-0.05, 0) is 67.6 Å². The number of hydrogen-bond donors (Lipinski definition) is 2. The molecule has 14 heteroatoms. The lowest BCUT2D eigenvalue weighted by atomic mass is 10.1. The average molecular weight is 649 g/mol. The van der Waals surface area contributed by atoms with E-state index in [0.29, 0.717) is 33.3 Å². The summed E-state index contributed by atoms with van der Waals surface area (Å²) in [6.45, 7) is 1.46. The molecule has 0 unspecified atom stereocenters. The first-order valence-electron chi connectivity index (χ1n) is 13.8. The zero-order valence-corrected chi connectivity index (χ0v) is 24.8. The molecule has 0 radical (unpaired) electrons. The van der Waals surface area contributed by atoms with Gasteiger partial charge in [0.1, 0.15) is 11.4 Å². The number of aromatic nitrogens is 2. The van der Waals surface area contributed by atoms with Crippen LogP contribution in [0.4, 0.5) is 34.1 Å². The van der Waals surface area contributed by atoms with Crippen LogP contribution in [0.3, 0.4) is 0 Å². The van der Waals surface area contributed by atoms with E-state index in [1.807, 2.05) is 19.1 Å². The third-order valence-electron chi connectivity index (χ3n) is 7.02. The SMILES string of the molecule is Cc1ccc2onc(CN(C(=O)Nc3cccc(C(F)(F)F)c3)N(C(=O)NCc3noc4ccccc34)c3cccc(Cl)c3)c2c1. The Morgan fingerprint density at radius 2 is 1.57 bits per heavy atom. The monoisotopic (exact) mass is 648 g/mol. The lowest BCUT2D eigenvalue weighted by Crippen LogP contribution is -2.54. The number of anilines is 2. The number of rotatable bonds is 6. The van der Waals surface area contributed by atoms with E-state index in [0.717, 1.165) is 27.7 Å². The average Bonchev–Trinajstić information content (AvgIpc) is 3.63. The van der Waals surface area contributed by atoms with E-state index in [2.05, 4.69) is 20.9 Å². The molecule has 0 fully saturated rings. The first kappa shape index (κ1) is 30.5. The van der Waals surface area contributed by atoms with Gasteiger partial charge in [-0.25, -0.2) is 14.6 Å². The van der Waals surface area contributed by atoms with Crippen molar-refractivity contribution in [3.63, 3.8) is 0 Å². The Hall–Kier alpha value is -5.56. The lowest BCUT2D eigenvalue weighted by molar-refractivity contribution is -0.137. The van der Waals surface area contributed by atoms with Crippen molar-refractivity contribution in [2.45, 2.75) is 26.2 Å². The number of hydrogen-bond acceptors (Lipinski definition) is 6. The first-order valence-corrected chi connectivity index (χ1v) is 14.2. The standard InChI is InChI=1S/C32H24ClF3N6O4/c1-19-12-13-29-25(14-19)27(40-46-29)18-41(31(44)38-22-8-4-6-20(15-22)32(34,35)36)42(23-9-5-7-21(33)16-23)30(43)37-17-26-24-10-2-3-11-28(24)45-39-26/h2-16H,17-18H2,1H3,(H,37,43)(H,38,44). The summed E-state index contributed by atoms with van der Waals surface area (Å²) in [4.78, 5) is 28.0. The number of carbonyl (C=O) groups excluding carboxylic acids is 2. The topological polar surface area (TPSA) is 117 Å². The highest BCUT2D eigenvalue weighted by atomic mass is 35.5. The molecule has 0 atom stereocenters. The van der Waals surface area contributed by atoms with Crippen molar-refractivity contribution in [2.24, 2.45) is 0 Å². The molecular weight excluding hydrogens is 625 g/mol. The Morgan fingerprint density at radius 3 is 2.35 bits per heavy atom. The minimum absolute atomic E-state index is 0.0813. The molecule has 6 aromatic rings. The van der Waals surface area contributed by atoms with Crippen LogP contribution in [-0.4, -0.2) is 27.4 Å². The summed E-state index contributed by atoms with van der Waals surface area (Å²) < 4.78 is 51.2. The number of halogens is 4. The summed E-state index contributed by atoms with van der Waals surface area (Å²) in [6.07, 6.45) is -4.64. The predicted octanol–water partition coefficient (Wildman–Crippen LogP) is 8.32. The number of nitrogens with zero attached hydrogens (tertiary/aromatic N) is 4. The number of carbonyl (C=O) groups is 2. The van der Waals surface area contributed by atoms with Gasteiger partial charge in [0, 0.05) is 21.5 Å². The van der Waals surface area contributed by atoms with Crippen LogP contribution >= 0.6 is 11.6 Å². The molecule has 4 aromatic carbocycles. The van der Waals surface area contributed by atoms with Crippen LogP contribution in [0, 0.1) is 6.92 Å². The summed E-state index contributed by atoms with van der Waals surface area (Å²) >= 11 is 6.30. The van der Waals surface area contributed by atoms with Crippen molar-refractivity contribution >= 4 is 57.0 Å². The minimum atomic E-state index is -4.64. The molecule has 0 bridgehead atoms. The Morgan fingerprint density at radius 1 is 0.826 bits per heavy atom. The number of hydrazine groups is 1. The molecule has 2 N–H and O–H groups in total. The largest absolute Gasteiger partial charge is 0.416 e. The van der Waals surface area contributed by atoms with E-state index in [9.17, 15) is 22.8 Å². The second-order valence-electron chi connectivity index (χ2n) is 10.3. The Labute approximate surface area is 264 Å². The molecule has 234 valence electrons. The van der Waals surface area contributed by atoms with Gasteiger partial charge in [0.05, 0.1) is 24.3 Å². The quantitative estimate of drug-likeness (QED) is 0.175. The zero-order valence-electron chi connectivity index (χ0n) is 24.0. The van der Waals surface area contributed by atoms with Crippen molar-refractivity contribution in [3.8, 4) is 0 Å². The number of alkyl halides is 3. The molecule has 0 spiro atoms. The van der Waals surface area contributed by atoms with Gasteiger partial charge in [-0.1, -0.05) is 57.8 Å². The van der Waals surface area contributed by atoms with Gasteiger partial charge in [0.2, 0.25) is 0 Å².